The number of thiophene rings is 1. The van der Waals surface area contributed by atoms with Gasteiger partial charge in [0.1, 0.15) is 5.00 Å². The maximum Gasteiger partial charge on any atom is 0.341 e. The number of amides is 1. The Hall–Kier alpha value is -1.54. The van der Waals surface area contributed by atoms with Crippen LogP contribution < -0.4 is 5.32 Å². The quantitative estimate of drug-likeness (QED) is 0.672. The number of carbonyl (C=O) groups excluding carboxylic acids is 3. The van der Waals surface area contributed by atoms with Crippen LogP contribution in [0.15, 0.2) is 5.38 Å². The monoisotopic (exact) mass is 371 g/mol. The van der Waals surface area contributed by atoms with Crippen LogP contribution in [0, 0.1) is 0 Å². The van der Waals surface area contributed by atoms with Gasteiger partial charge in [-0.15, -0.1) is 23.1 Å². The van der Waals surface area contributed by atoms with Crippen molar-refractivity contribution in [3.8, 4) is 0 Å². The zero-order valence-electron chi connectivity index (χ0n) is 13.8. The Morgan fingerprint density at radius 3 is 2.54 bits per heavy atom. The fourth-order valence-corrected chi connectivity index (χ4v) is 3.82. The van der Waals surface area contributed by atoms with Crippen molar-refractivity contribution in [3.63, 3.8) is 0 Å². The maximum atomic E-state index is 12.2. The molecule has 1 aromatic heterocycles. The predicted molar refractivity (Wildman–Crippen MR) is 94.8 cm³/mol. The van der Waals surface area contributed by atoms with Crippen LogP contribution in [0.1, 0.15) is 48.5 Å². The summed E-state index contributed by atoms with van der Waals surface area (Å²) in [5.74, 6) is -0.338. The standard InChI is InChI=1S/C16H21NO5S2/c1-3-21-13(19)9-23-8-12(18)17-15-14(16(20)22-4-2)11(7-24-15)10-5-6-10/h7,10H,3-6,8-9H2,1-2H3,(H,17,18). The van der Waals surface area contributed by atoms with Crippen LogP contribution in [0.2, 0.25) is 0 Å². The van der Waals surface area contributed by atoms with Gasteiger partial charge in [0.2, 0.25) is 5.91 Å². The minimum Gasteiger partial charge on any atom is -0.465 e. The number of nitrogens with one attached hydrogen (secondary N) is 1. The van der Waals surface area contributed by atoms with Crippen molar-refractivity contribution < 1.29 is 23.9 Å². The van der Waals surface area contributed by atoms with Gasteiger partial charge < -0.3 is 14.8 Å². The van der Waals surface area contributed by atoms with Gasteiger partial charge in [0.15, 0.2) is 0 Å². The van der Waals surface area contributed by atoms with Crippen LogP contribution in [0.25, 0.3) is 0 Å². The molecule has 0 aliphatic heterocycles. The molecular formula is C16H21NO5S2. The Kier molecular flexibility index (Phi) is 7.11. The van der Waals surface area contributed by atoms with E-state index in [1.807, 2.05) is 5.38 Å². The molecule has 1 aliphatic rings. The van der Waals surface area contributed by atoms with Crippen molar-refractivity contribution >= 4 is 45.9 Å². The van der Waals surface area contributed by atoms with Gasteiger partial charge in [0, 0.05) is 0 Å². The highest BCUT2D eigenvalue weighted by atomic mass is 32.2. The SMILES string of the molecule is CCOC(=O)CSCC(=O)Nc1scc(C2CC2)c1C(=O)OCC. The van der Waals surface area contributed by atoms with E-state index in [1.165, 1.54) is 23.1 Å². The van der Waals surface area contributed by atoms with Crippen molar-refractivity contribution in [1.29, 1.82) is 0 Å². The normalized spacial score (nSPS) is 13.4. The third-order valence-corrected chi connectivity index (χ3v) is 5.15. The molecule has 1 aromatic rings. The first-order valence-electron chi connectivity index (χ1n) is 7.88. The number of rotatable bonds is 9. The van der Waals surface area contributed by atoms with Crippen LogP contribution in [0.4, 0.5) is 5.00 Å². The number of thioether (sulfide) groups is 1. The van der Waals surface area contributed by atoms with E-state index < -0.39 is 5.97 Å². The zero-order valence-corrected chi connectivity index (χ0v) is 15.4. The first-order valence-corrected chi connectivity index (χ1v) is 9.91. The van der Waals surface area contributed by atoms with E-state index >= 15 is 0 Å². The molecule has 1 heterocycles. The highest BCUT2D eigenvalue weighted by Crippen LogP contribution is 2.46. The molecule has 0 atom stereocenters. The fourth-order valence-electron chi connectivity index (χ4n) is 2.16. The van der Waals surface area contributed by atoms with Gasteiger partial charge in [0.25, 0.3) is 0 Å². The lowest BCUT2D eigenvalue weighted by atomic mass is 10.1. The van der Waals surface area contributed by atoms with Crippen molar-refractivity contribution in [2.24, 2.45) is 0 Å². The molecule has 0 aromatic carbocycles. The van der Waals surface area contributed by atoms with Crippen LogP contribution >= 0.6 is 23.1 Å². The first kappa shape index (κ1) is 18.8. The van der Waals surface area contributed by atoms with Crippen molar-refractivity contribution in [2.45, 2.75) is 32.6 Å². The van der Waals surface area contributed by atoms with Gasteiger partial charge in [-0.2, -0.15) is 0 Å². The van der Waals surface area contributed by atoms with Crippen LogP contribution in [-0.2, 0) is 19.1 Å². The van der Waals surface area contributed by atoms with Gasteiger partial charge in [-0.25, -0.2) is 4.79 Å². The zero-order chi connectivity index (χ0) is 17.5. The van der Waals surface area contributed by atoms with Crippen molar-refractivity contribution in [2.75, 3.05) is 30.0 Å². The van der Waals surface area contributed by atoms with Crippen LogP contribution in [0.3, 0.4) is 0 Å². The number of carbonyl (C=O) groups is 3. The molecular weight excluding hydrogens is 350 g/mol. The van der Waals surface area contributed by atoms with E-state index in [0.29, 0.717) is 29.7 Å². The second-order valence-electron chi connectivity index (χ2n) is 5.24. The molecule has 1 N–H and O–H groups in total. The Labute approximate surface area is 149 Å². The molecule has 1 aliphatic carbocycles. The second-order valence-corrected chi connectivity index (χ2v) is 7.10. The largest absolute Gasteiger partial charge is 0.465 e. The average Bonchev–Trinajstić information content (AvgIpc) is 3.29. The third kappa shape index (κ3) is 5.24. The summed E-state index contributed by atoms with van der Waals surface area (Å²) in [5.41, 5.74) is 1.45. The molecule has 0 unspecified atom stereocenters. The number of esters is 2. The highest BCUT2D eigenvalue weighted by molar-refractivity contribution is 8.00. The van der Waals surface area contributed by atoms with E-state index in [-0.39, 0.29) is 23.4 Å². The summed E-state index contributed by atoms with van der Waals surface area (Å²) in [5, 5.41) is 5.21. The Morgan fingerprint density at radius 2 is 1.92 bits per heavy atom. The van der Waals surface area contributed by atoms with Gasteiger partial charge in [0.05, 0.1) is 30.3 Å². The summed E-state index contributed by atoms with van der Waals surface area (Å²) < 4.78 is 9.92. The molecule has 132 valence electrons. The van der Waals surface area contributed by atoms with Crippen molar-refractivity contribution in [1.82, 2.24) is 0 Å². The molecule has 0 saturated heterocycles. The smallest absolute Gasteiger partial charge is 0.341 e. The first-order chi connectivity index (χ1) is 11.6. The molecule has 0 spiro atoms. The summed E-state index contributed by atoms with van der Waals surface area (Å²) >= 11 is 2.52. The average molecular weight is 371 g/mol. The topological polar surface area (TPSA) is 81.7 Å². The van der Waals surface area contributed by atoms with Gasteiger partial charge in [-0.1, -0.05) is 0 Å². The number of hydrogen-bond acceptors (Lipinski definition) is 7. The lowest BCUT2D eigenvalue weighted by Gasteiger charge is -2.08. The van der Waals surface area contributed by atoms with Crippen LogP contribution in [0.5, 0.6) is 0 Å². The number of hydrogen-bond donors (Lipinski definition) is 1. The summed E-state index contributed by atoms with van der Waals surface area (Å²) in [6.45, 7) is 4.11. The lowest BCUT2D eigenvalue weighted by Crippen LogP contribution is -2.18. The van der Waals surface area contributed by atoms with Gasteiger partial charge >= 0.3 is 11.9 Å². The van der Waals surface area contributed by atoms with Crippen LogP contribution in [-0.4, -0.2) is 42.6 Å². The summed E-state index contributed by atoms with van der Waals surface area (Å²) in [4.78, 5) is 35.5. The molecule has 0 radical (unpaired) electrons. The van der Waals surface area contributed by atoms with Gasteiger partial charge in [-0.3, -0.25) is 9.59 Å². The van der Waals surface area contributed by atoms with Gasteiger partial charge in [-0.05, 0) is 43.6 Å². The number of ether oxygens (including phenoxy) is 2. The van der Waals surface area contributed by atoms with E-state index in [2.05, 4.69) is 5.32 Å². The Balaban J connectivity index is 1.95. The Bertz CT molecular complexity index is 610. The van der Waals surface area contributed by atoms with E-state index in [0.717, 1.165) is 18.4 Å². The molecule has 8 heteroatoms. The molecule has 1 fully saturated rings. The third-order valence-electron chi connectivity index (χ3n) is 3.33. The minimum absolute atomic E-state index is 0.123. The van der Waals surface area contributed by atoms with E-state index in [9.17, 15) is 14.4 Å². The summed E-state index contributed by atoms with van der Waals surface area (Å²) in [6.07, 6.45) is 2.12. The molecule has 0 bridgehead atoms. The molecule has 1 amide bonds. The molecule has 2 rings (SSSR count). The molecule has 1 saturated carbocycles. The molecule has 6 nitrogen and oxygen atoms in total. The highest BCUT2D eigenvalue weighted by Gasteiger charge is 2.32. The fraction of sp³-hybridized carbons (Fsp3) is 0.562. The van der Waals surface area contributed by atoms with E-state index in [1.54, 1.807) is 13.8 Å². The number of anilines is 1. The summed E-state index contributed by atoms with van der Waals surface area (Å²) in [7, 11) is 0. The maximum absolute atomic E-state index is 12.2. The molecule has 24 heavy (non-hydrogen) atoms. The Morgan fingerprint density at radius 1 is 1.21 bits per heavy atom. The van der Waals surface area contributed by atoms with Crippen molar-refractivity contribution in [3.05, 3.63) is 16.5 Å². The second kappa shape index (κ2) is 9.08. The lowest BCUT2D eigenvalue weighted by molar-refractivity contribution is -0.139. The van der Waals surface area contributed by atoms with E-state index in [4.69, 9.17) is 9.47 Å². The predicted octanol–water partition coefficient (Wildman–Crippen LogP) is 3.04. The summed E-state index contributed by atoms with van der Waals surface area (Å²) in [6, 6.07) is 0. The minimum atomic E-state index is -0.393.